The lowest BCUT2D eigenvalue weighted by Crippen LogP contribution is -2.11. The molecule has 1 atom stereocenters. The monoisotopic (exact) mass is 250 g/mol. The molecule has 0 amide bonds. The number of hydrogen-bond acceptors (Lipinski definition) is 2. The molecule has 1 N–H and O–H groups in total. The molecule has 2 rings (SSSR count). The molecular formula is C15H22OS. The van der Waals surface area contributed by atoms with Gasteiger partial charge in [-0.25, -0.2) is 0 Å². The maximum absolute atomic E-state index is 10.1. The number of rotatable bonds is 4. The summed E-state index contributed by atoms with van der Waals surface area (Å²) in [5.74, 6) is 0.841. The summed E-state index contributed by atoms with van der Waals surface area (Å²) < 4.78 is 0. The molecule has 1 nitrogen and oxygen atoms in total. The van der Waals surface area contributed by atoms with Gasteiger partial charge in [0.05, 0.1) is 6.10 Å². The first kappa shape index (κ1) is 13.0. The van der Waals surface area contributed by atoms with Crippen molar-refractivity contribution in [3.05, 3.63) is 35.4 Å². The second-order valence-corrected chi connectivity index (χ2v) is 6.35. The summed E-state index contributed by atoms with van der Waals surface area (Å²) in [5.41, 5.74) is 2.31. The zero-order valence-corrected chi connectivity index (χ0v) is 11.4. The van der Waals surface area contributed by atoms with E-state index in [1.165, 1.54) is 37.7 Å². The Morgan fingerprint density at radius 1 is 1.18 bits per heavy atom. The van der Waals surface area contributed by atoms with Crippen LogP contribution in [0.25, 0.3) is 0 Å². The third-order valence-corrected chi connectivity index (χ3v) is 4.96. The van der Waals surface area contributed by atoms with Crippen molar-refractivity contribution >= 4 is 11.8 Å². The molecule has 1 aromatic carbocycles. The van der Waals surface area contributed by atoms with Crippen LogP contribution < -0.4 is 0 Å². The van der Waals surface area contributed by atoms with Crippen molar-refractivity contribution in [1.82, 2.24) is 0 Å². The van der Waals surface area contributed by atoms with Crippen LogP contribution in [0.4, 0.5) is 0 Å². The third kappa shape index (κ3) is 4.04. The van der Waals surface area contributed by atoms with Gasteiger partial charge in [0.15, 0.2) is 0 Å². The predicted molar refractivity (Wildman–Crippen MR) is 75.5 cm³/mol. The molecule has 0 bridgehead atoms. The molecule has 1 aliphatic rings. The highest BCUT2D eigenvalue weighted by Gasteiger charge is 2.16. The minimum Gasteiger partial charge on any atom is -0.388 e. The number of thioether (sulfide) groups is 1. The minimum atomic E-state index is -0.303. The summed E-state index contributed by atoms with van der Waals surface area (Å²) in [6.45, 7) is 2.08. The van der Waals surface area contributed by atoms with Crippen molar-refractivity contribution in [2.24, 2.45) is 0 Å². The SMILES string of the molecule is Cc1ccc(C(O)CSC2CCCCC2)cc1. The van der Waals surface area contributed by atoms with Crippen LogP contribution in [0.15, 0.2) is 24.3 Å². The maximum Gasteiger partial charge on any atom is 0.0880 e. The summed E-state index contributed by atoms with van der Waals surface area (Å²) in [4.78, 5) is 0. The molecule has 0 aliphatic heterocycles. The van der Waals surface area contributed by atoms with Crippen molar-refractivity contribution in [3.63, 3.8) is 0 Å². The molecular weight excluding hydrogens is 228 g/mol. The van der Waals surface area contributed by atoms with Crippen molar-refractivity contribution in [2.45, 2.75) is 50.4 Å². The Labute approximate surface area is 109 Å². The largest absolute Gasteiger partial charge is 0.388 e. The highest BCUT2D eigenvalue weighted by molar-refractivity contribution is 7.99. The van der Waals surface area contributed by atoms with Crippen molar-refractivity contribution in [2.75, 3.05) is 5.75 Å². The Morgan fingerprint density at radius 3 is 2.47 bits per heavy atom. The van der Waals surface area contributed by atoms with Crippen LogP contribution in [0.2, 0.25) is 0 Å². The van der Waals surface area contributed by atoms with Crippen molar-refractivity contribution in [3.8, 4) is 0 Å². The van der Waals surface area contributed by atoms with Gasteiger partial charge >= 0.3 is 0 Å². The molecule has 0 radical (unpaired) electrons. The fourth-order valence-electron chi connectivity index (χ4n) is 2.34. The van der Waals surface area contributed by atoms with E-state index in [1.807, 2.05) is 23.9 Å². The molecule has 0 spiro atoms. The van der Waals surface area contributed by atoms with Gasteiger partial charge in [-0.3, -0.25) is 0 Å². The Kier molecular flexibility index (Phi) is 4.93. The average molecular weight is 250 g/mol. The summed E-state index contributed by atoms with van der Waals surface area (Å²) in [7, 11) is 0. The summed E-state index contributed by atoms with van der Waals surface area (Å²) >= 11 is 1.95. The summed E-state index contributed by atoms with van der Waals surface area (Å²) in [6, 6.07) is 8.23. The fourth-order valence-corrected chi connectivity index (χ4v) is 3.66. The number of aliphatic hydroxyl groups excluding tert-OH is 1. The normalized spacial score (nSPS) is 19.2. The van der Waals surface area contributed by atoms with E-state index in [-0.39, 0.29) is 6.10 Å². The van der Waals surface area contributed by atoms with Crippen LogP contribution in [-0.2, 0) is 0 Å². The zero-order valence-electron chi connectivity index (χ0n) is 10.6. The summed E-state index contributed by atoms with van der Waals surface area (Å²) in [6.07, 6.45) is 6.52. The quantitative estimate of drug-likeness (QED) is 0.868. The van der Waals surface area contributed by atoms with E-state index < -0.39 is 0 Å². The molecule has 0 aromatic heterocycles. The Hall–Kier alpha value is -0.470. The lowest BCUT2D eigenvalue weighted by Gasteiger charge is -2.22. The molecule has 1 saturated carbocycles. The Balaban J connectivity index is 1.80. The molecule has 2 heteroatoms. The number of benzene rings is 1. The molecule has 1 unspecified atom stereocenters. The van der Waals surface area contributed by atoms with E-state index in [0.717, 1.165) is 16.6 Å². The van der Waals surface area contributed by atoms with E-state index in [4.69, 9.17) is 0 Å². The second-order valence-electron chi connectivity index (χ2n) is 5.02. The highest BCUT2D eigenvalue weighted by Crippen LogP contribution is 2.30. The van der Waals surface area contributed by atoms with Gasteiger partial charge in [0.2, 0.25) is 0 Å². The average Bonchev–Trinajstić information content (AvgIpc) is 2.38. The molecule has 0 heterocycles. The second kappa shape index (κ2) is 6.46. The van der Waals surface area contributed by atoms with Gasteiger partial charge in [0, 0.05) is 11.0 Å². The van der Waals surface area contributed by atoms with E-state index in [0.29, 0.717) is 0 Å². The van der Waals surface area contributed by atoms with Crippen LogP contribution in [0.1, 0.15) is 49.3 Å². The van der Waals surface area contributed by atoms with Gasteiger partial charge in [-0.15, -0.1) is 0 Å². The van der Waals surface area contributed by atoms with Crippen molar-refractivity contribution < 1.29 is 5.11 Å². The first-order valence-corrected chi connectivity index (χ1v) is 7.67. The Bertz CT molecular complexity index is 327. The van der Waals surface area contributed by atoms with Crippen molar-refractivity contribution in [1.29, 1.82) is 0 Å². The minimum absolute atomic E-state index is 0.303. The van der Waals surface area contributed by atoms with Gasteiger partial charge in [0.1, 0.15) is 0 Å². The van der Waals surface area contributed by atoms with Gasteiger partial charge in [-0.2, -0.15) is 11.8 Å². The summed E-state index contributed by atoms with van der Waals surface area (Å²) in [5, 5.41) is 10.9. The van der Waals surface area contributed by atoms with Crippen LogP contribution in [-0.4, -0.2) is 16.1 Å². The van der Waals surface area contributed by atoms with Crippen LogP contribution in [0, 0.1) is 6.92 Å². The third-order valence-electron chi connectivity index (χ3n) is 3.50. The van der Waals surface area contributed by atoms with E-state index in [2.05, 4.69) is 19.1 Å². The molecule has 1 fully saturated rings. The van der Waals surface area contributed by atoms with Gasteiger partial charge in [0.25, 0.3) is 0 Å². The van der Waals surface area contributed by atoms with E-state index in [1.54, 1.807) is 0 Å². The highest BCUT2D eigenvalue weighted by atomic mass is 32.2. The van der Waals surface area contributed by atoms with Crippen LogP contribution in [0.3, 0.4) is 0 Å². The Morgan fingerprint density at radius 2 is 1.82 bits per heavy atom. The first-order chi connectivity index (χ1) is 8.25. The van der Waals surface area contributed by atoms with Gasteiger partial charge in [-0.05, 0) is 25.3 Å². The maximum atomic E-state index is 10.1. The standard InChI is InChI=1S/C15H22OS/c1-12-7-9-13(10-8-12)15(16)11-17-14-5-3-2-4-6-14/h7-10,14-16H,2-6,11H2,1H3. The molecule has 17 heavy (non-hydrogen) atoms. The van der Waals surface area contributed by atoms with Gasteiger partial charge in [-0.1, -0.05) is 49.1 Å². The van der Waals surface area contributed by atoms with E-state index >= 15 is 0 Å². The molecule has 94 valence electrons. The number of aliphatic hydroxyl groups is 1. The van der Waals surface area contributed by atoms with Crippen LogP contribution >= 0.6 is 11.8 Å². The predicted octanol–water partition coefficient (Wildman–Crippen LogP) is 4.09. The van der Waals surface area contributed by atoms with Gasteiger partial charge < -0.3 is 5.11 Å². The number of hydrogen-bond donors (Lipinski definition) is 1. The lowest BCUT2D eigenvalue weighted by molar-refractivity contribution is 0.204. The van der Waals surface area contributed by atoms with E-state index in [9.17, 15) is 5.11 Å². The smallest absolute Gasteiger partial charge is 0.0880 e. The molecule has 0 saturated heterocycles. The fraction of sp³-hybridized carbons (Fsp3) is 0.600. The molecule has 1 aromatic rings. The lowest BCUT2D eigenvalue weighted by atomic mass is 10.0. The number of aryl methyl sites for hydroxylation is 1. The topological polar surface area (TPSA) is 20.2 Å². The van der Waals surface area contributed by atoms with Crippen LogP contribution in [0.5, 0.6) is 0 Å². The first-order valence-electron chi connectivity index (χ1n) is 6.62. The molecule has 1 aliphatic carbocycles. The zero-order chi connectivity index (χ0) is 12.1.